The molecule has 0 bridgehead atoms. The zero-order valence-corrected chi connectivity index (χ0v) is 15.2. The van der Waals surface area contributed by atoms with Crippen LogP contribution in [0, 0.1) is 17.8 Å². The lowest BCUT2D eigenvalue weighted by Gasteiger charge is -2.35. The van der Waals surface area contributed by atoms with Crippen molar-refractivity contribution in [2.45, 2.75) is 46.0 Å². The van der Waals surface area contributed by atoms with Crippen LogP contribution in [0.5, 0.6) is 0 Å². The van der Waals surface area contributed by atoms with Crippen LogP contribution in [0.25, 0.3) is 0 Å². The minimum Gasteiger partial charge on any atom is -0.469 e. The molecule has 1 aromatic rings. The molecule has 3 heterocycles. The van der Waals surface area contributed by atoms with E-state index in [9.17, 15) is 4.79 Å². The van der Waals surface area contributed by atoms with E-state index in [4.69, 9.17) is 4.42 Å². The first kappa shape index (κ1) is 17.5. The van der Waals surface area contributed by atoms with E-state index in [0.29, 0.717) is 12.3 Å². The third-order valence-electron chi connectivity index (χ3n) is 5.67. The zero-order chi connectivity index (χ0) is 16.9. The Morgan fingerprint density at radius 2 is 1.96 bits per heavy atom. The minimum absolute atomic E-state index is 0.297. The summed E-state index contributed by atoms with van der Waals surface area (Å²) in [5.74, 6) is 3.51. The van der Waals surface area contributed by atoms with E-state index >= 15 is 0 Å². The van der Waals surface area contributed by atoms with Crippen LogP contribution in [0.3, 0.4) is 0 Å². The van der Waals surface area contributed by atoms with E-state index in [-0.39, 0.29) is 0 Å². The third kappa shape index (κ3) is 4.62. The van der Waals surface area contributed by atoms with Gasteiger partial charge in [0.25, 0.3) is 0 Å². The predicted octanol–water partition coefficient (Wildman–Crippen LogP) is 3.43. The molecule has 2 aliphatic rings. The average molecular weight is 332 g/mol. The number of furan rings is 1. The van der Waals surface area contributed by atoms with Crippen molar-refractivity contribution in [1.82, 2.24) is 9.80 Å². The van der Waals surface area contributed by atoms with Crippen LogP contribution in [0.4, 0.5) is 0 Å². The smallest absolute Gasteiger partial charge is 0.223 e. The second-order valence-electron chi connectivity index (χ2n) is 8.00. The molecule has 3 rings (SSSR count). The lowest BCUT2D eigenvalue weighted by molar-refractivity contribution is -0.130. The van der Waals surface area contributed by atoms with Gasteiger partial charge in [0.05, 0.1) is 6.26 Å². The molecular weight excluding hydrogens is 300 g/mol. The number of piperidine rings is 1. The van der Waals surface area contributed by atoms with Crippen LogP contribution >= 0.6 is 0 Å². The summed E-state index contributed by atoms with van der Waals surface area (Å²) in [7, 11) is 0. The van der Waals surface area contributed by atoms with Crippen molar-refractivity contribution >= 4 is 5.91 Å². The van der Waals surface area contributed by atoms with E-state index in [1.165, 1.54) is 38.9 Å². The number of amides is 1. The van der Waals surface area contributed by atoms with Crippen molar-refractivity contribution < 1.29 is 9.21 Å². The number of rotatable bonds is 6. The summed E-state index contributed by atoms with van der Waals surface area (Å²) in [6, 6.07) is 3.84. The summed E-state index contributed by atoms with van der Waals surface area (Å²) in [6.07, 6.45) is 6.80. The van der Waals surface area contributed by atoms with Crippen molar-refractivity contribution in [3.05, 3.63) is 24.2 Å². The van der Waals surface area contributed by atoms with Crippen molar-refractivity contribution in [3.8, 4) is 0 Å². The number of nitrogens with zero attached hydrogens (tertiary/aromatic N) is 2. The number of hydrogen-bond acceptors (Lipinski definition) is 3. The first-order valence-electron chi connectivity index (χ1n) is 9.64. The Hall–Kier alpha value is -1.29. The highest BCUT2D eigenvalue weighted by atomic mass is 16.3. The molecule has 2 aliphatic heterocycles. The Morgan fingerprint density at radius 1 is 1.21 bits per heavy atom. The van der Waals surface area contributed by atoms with Crippen molar-refractivity contribution in [2.24, 2.45) is 17.8 Å². The summed E-state index contributed by atoms with van der Waals surface area (Å²) in [5.41, 5.74) is 0. The van der Waals surface area contributed by atoms with E-state index in [0.717, 1.165) is 43.0 Å². The Kier molecular flexibility index (Phi) is 5.99. The fraction of sp³-hybridized carbons (Fsp3) is 0.750. The monoisotopic (exact) mass is 332 g/mol. The second-order valence-corrected chi connectivity index (χ2v) is 8.00. The lowest BCUT2D eigenvalue weighted by Crippen LogP contribution is -2.39. The quantitative estimate of drug-likeness (QED) is 0.801. The topological polar surface area (TPSA) is 36.7 Å². The molecule has 0 N–H and O–H groups in total. The molecule has 134 valence electrons. The molecule has 0 radical (unpaired) electrons. The molecule has 0 unspecified atom stereocenters. The summed E-state index contributed by atoms with van der Waals surface area (Å²) >= 11 is 0. The van der Waals surface area contributed by atoms with Crippen LogP contribution in [-0.4, -0.2) is 48.4 Å². The van der Waals surface area contributed by atoms with Crippen LogP contribution in [0.15, 0.2) is 22.8 Å². The lowest BCUT2D eigenvalue weighted by atomic mass is 9.83. The molecule has 24 heavy (non-hydrogen) atoms. The van der Waals surface area contributed by atoms with Gasteiger partial charge in [0.1, 0.15) is 5.76 Å². The van der Waals surface area contributed by atoms with Crippen molar-refractivity contribution in [3.63, 3.8) is 0 Å². The van der Waals surface area contributed by atoms with E-state index < -0.39 is 0 Å². The van der Waals surface area contributed by atoms with Gasteiger partial charge in [-0.05, 0) is 62.2 Å². The van der Waals surface area contributed by atoms with Gasteiger partial charge in [-0.15, -0.1) is 0 Å². The largest absolute Gasteiger partial charge is 0.469 e. The van der Waals surface area contributed by atoms with E-state index in [1.54, 1.807) is 6.26 Å². The van der Waals surface area contributed by atoms with Crippen LogP contribution in [0.1, 0.15) is 45.3 Å². The number of carbonyl (C=O) groups is 1. The first-order valence-corrected chi connectivity index (χ1v) is 9.64. The number of carbonyl (C=O) groups excluding carboxylic acids is 1. The Labute approximate surface area is 146 Å². The van der Waals surface area contributed by atoms with Gasteiger partial charge in [-0.1, -0.05) is 13.8 Å². The maximum Gasteiger partial charge on any atom is 0.223 e. The molecular formula is C20H32N2O2. The molecule has 0 saturated carbocycles. The van der Waals surface area contributed by atoms with Crippen molar-refractivity contribution in [2.75, 3.05) is 32.7 Å². The maximum absolute atomic E-state index is 12.4. The fourth-order valence-electron chi connectivity index (χ4n) is 4.36. The van der Waals surface area contributed by atoms with Gasteiger partial charge < -0.3 is 14.2 Å². The van der Waals surface area contributed by atoms with Gasteiger partial charge >= 0.3 is 0 Å². The zero-order valence-electron chi connectivity index (χ0n) is 15.2. The summed E-state index contributed by atoms with van der Waals surface area (Å²) in [5, 5.41) is 0. The third-order valence-corrected chi connectivity index (χ3v) is 5.67. The van der Waals surface area contributed by atoms with E-state index in [2.05, 4.69) is 23.6 Å². The molecule has 1 aromatic heterocycles. The number of likely N-dealkylation sites (tertiary alicyclic amines) is 2. The summed E-state index contributed by atoms with van der Waals surface area (Å²) in [6.45, 7) is 10.2. The summed E-state index contributed by atoms with van der Waals surface area (Å²) in [4.78, 5) is 17.1. The van der Waals surface area contributed by atoms with E-state index in [1.807, 2.05) is 12.1 Å². The highest BCUT2D eigenvalue weighted by molar-refractivity contribution is 5.76. The maximum atomic E-state index is 12.4. The molecule has 4 nitrogen and oxygen atoms in total. The van der Waals surface area contributed by atoms with Gasteiger partial charge in [-0.2, -0.15) is 0 Å². The molecule has 1 amide bonds. The highest BCUT2D eigenvalue weighted by Crippen LogP contribution is 2.32. The molecule has 4 heteroatoms. The van der Waals surface area contributed by atoms with Crippen LogP contribution in [-0.2, 0) is 11.2 Å². The molecule has 1 atom stereocenters. The fourth-order valence-corrected chi connectivity index (χ4v) is 4.36. The highest BCUT2D eigenvalue weighted by Gasteiger charge is 2.33. The van der Waals surface area contributed by atoms with Gasteiger partial charge in [0.15, 0.2) is 0 Å². The number of aryl methyl sites for hydroxylation is 1. The summed E-state index contributed by atoms with van der Waals surface area (Å²) < 4.78 is 5.32. The Balaban J connectivity index is 1.40. The van der Waals surface area contributed by atoms with Gasteiger partial charge in [-0.25, -0.2) is 0 Å². The Bertz CT molecular complexity index is 504. The minimum atomic E-state index is 0.297. The molecule has 2 saturated heterocycles. The molecule has 0 spiro atoms. The van der Waals surface area contributed by atoms with Crippen LogP contribution in [0.2, 0.25) is 0 Å². The molecule has 0 aliphatic carbocycles. The van der Waals surface area contributed by atoms with Crippen LogP contribution < -0.4 is 0 Å². The SMILES string of the molecule is CC(C)CN1CCC([C@@H]2CCN(C(=O)CCc3ccco3)C2)CC1. The average Bonchev–Trinajstić information content (AvgIpc) is 3.24. The van der Waals surface area contributed by atoms with Gasteiger partial charge in [0, 0.05) is 32.5 Å². The number of hydrogen-bond donors (Lipinski definition) is 0. The second kappa shape index (κ2) is 8.19. The van der Waals surface area contributed by atoms with Gasteiger partial charge in [-0.3, -0.25) is 4.79 Å². The first-order chi connectivity index (χ1) is 11.6. The normalized spacial score (nSPS) is 23.3. The Morgan fingerprint density at radius 3 is 2.62 bits per heavy atom. The standard InChI is InChI=1S/C20H32N2O2/c1-16(2)14-21-10-7-17(8-11-21)18-9-12-22(15-18)20(23)6-5-19-4-3-13-24-19/h3-4,13,16-18H,5-12,14-15H2,1-2H3/t18-/m1/s1. The van der Waals surface area contributed by atoms with Crippen molar-refractivity contribution in [1.29, 1.82) is 0 Å². The molecule has 0 aromatic carbocycles. The van der Waals surface area contributed by atoms with Gasteiger partial charge in [0.2, 0.25) is 5.91 Å². The molecule has 2 fully saturated rings. The predicted molar refractivity (Wildman–Crippen MR) is 95.7 cm³/mol.